The van der Waals surface area contributed by atoms with Gasteiger partial charge >= 0.3 is 0 Å². The zero-order valence-corrected chi connectivity index (χ0v) is 15.3. The average molecular weight is 338 g/mol. The van der Waals surface area contributed by atoms with Crippen LogP contribution in [0.3, 0.4) is 0 Å². The van der Waals surface area contributed by atoms with Crippen LogP contribution in [0.25, 0.3) is 0 Å². The molecule has 3 heterocycles. The van der Waals surface area contributed by atoms with Crippen molar-refractivity contribution in [1.82, 2.24) is 24.8 Å². The first-order chi connectivity index (χ1) is 12.1. The van der Waals surface area contributed by atoms with Crippen molar-refractivity contribution in [3.8, 4) is 0 Å². The summed E-state index contributed by atoms with van der Waals surface area (Å²) in [5, 5.41) is 0. The van der Waals surface area contributed by atoms with E-state index in [1.807, 2.05) is 38.6 Å². The second kappa shape index (κ2) is 6.67. The molecule has 3 atom stereocenters. The van der Waals surface area contributed by atoms with Gasteiger partial charge in [0.25, 0.3) is 0 Å². The van der Waals surface area contributed by atoms with Crippen LogP contribution >= 0.6 is 0 Å². The van der Waals surface area contributed by atoms with Crippen molar-refractivity contribution in [1.29, 1.82) is 0 Å². The Morgan fingerprint density at radius 1 is 1.00 bits per heavy atom. The monoisotopic (exact) mass is 338 g/mol. The molecule has 132 valence electrons. The molecule has 0 N–H and O–H groups in total. The third-order valence-electron chi connectivity index (χ3n) is 5.76. The normalized spacial score (nSPS) is 26.0. The largest absolute Gasteiger partial charge is 0.355 e. The Morgan fingerprint density at radius 2 is 1.80 bits per heavy atom. The Kier molecular flexibility index (Phi) is 4.37. The van der Waals surface area contributed by atoms with Gasteiger partial charge in [-0.2, -0.15) is 0 Å². The highest BCUT2D eigenvalue weighted by Crippen LogP contribution is 2.41. The highest BCUT2D eigenvalue weighted by Gasteiger charge is 2.44. The first-order valence-corrected chi connectivity index (χ1v) is 9.11. The summed E-state index contributed by atoms with van der Waals surface area (Å²) in [6, 6.07) is 0.557. The van der Waals surface area contributed by atoms with E-state index in [2.05, 4.69) is 36.8 Å². The number of rotatable bonds is 4. The van der Waals surface area contributed by atoms with E-state index < -0.39 is 0 Å². The lowest BCUT2D eigenvalue weighted by Gasteiger charge is -2.30. The van der Waals surface area contributed by atoms with Crippen molar-refractivity contribution >= 4 is 5.82 Å². The van der Waals surface area contributed by atoms with Crippen LogP contribution in [0.4, 0.5) is 5.82 Å². The van der Waals surface area contributed by atoms with Crippen molar-refractivity contribution in [3.05, 3.63) is 41.9 Å². The third kappa shape index (κ3) is 3.35. The zero-order chi connectivity index (χ0) is 17.4. The average Bonchev–Trinajstić information content (AvgIpc) is 3.17. The Morgan fingerprint density at radius 3 is 2.52 bits per heavy atom. The number of aryl methyl sites for hydroxylation is 2. The molecule has 2 aromatic rings. The predicted octanol–water partition coefficient (Wildman–Crippen LogP) is 2.23. The molecular weight excluding hydrogens is 312 g/mol. The highest BCUT2D eigenvalue weighted by molar-refractivity contribution is 5.37. The van der Waals surface area contributed by atoms with Gasteiger partial charge in [0.2, 0.25) is 0 Å². The van der Waals surface area contributed by atoms with E-state index in [-0.39, 0.29) is 0 Å². The number of anilines is 1. The molecule has 6 heteroatoms. The van der Waals surface area contributed by atoms with Crippen molar-refractivity contribution in [3.63, 3.8) is 0 Å². The molecule has 0 unspecified atom stereocenters. The Hall–Kier alpha value is -2.08. The van der Waals surface area contributed by atoms with E-state index in [4.69, 9.17) is 0 Å². The Labute approximate surface area is 149 Å². The van der Waals surface area contributed by atoms with E-state index >= 15 is 0 Å². The molecule has 1 aliphatic heterocycles. The zero-order valence-electron chi connectivity index (χ0n) is 15.3. The fraction of sp³-hybridized carbons (Fsp3) is 0.579. The maximum atomic E-state index is 4.57. The molecule has 0 spiro atoms. The number of nitrogens with zero attached hydrogens (tertiary/aromatic N) is 6. The smallest absolute Gasteiger partial charge is 0.147 e. The molecule has 2 fully saturated rings. The number of aromatic nitrogens is 4. The molecule has 2 aromatic heterocycles. The Bertz CT molecular complexity index is 714. The van der Waals surface area contributed by atoms with E-state index in [9.17, 15) is 0 Å². The molecule has 6 nitrogen and oxygen atoms in total. The van der Waals surface area contributed by atoms with Gasteiger partial charge in [0.15, 0.2) is 0 Å². The van der Waals surface area contributed by atoms with Crippen LogP contribution in [0.5, 0.6) is 0 Å². The molecule has 0 aromatic carbocycles. The van der Waals surface area contributed by atoms with Crippen molar-refractivity contribution in [2.45, 2.75) is 39.3 Å². The van der Waals surface area contributed by atoms with Crippen LogP contribution in [-0.4, -0.2) is 51.0 Å². The highest BCUT2D eigenvalue weighted by atomic mass is 15.2. The molecule has 0 bridgehead atoms. The van der Waals surface area contributed by atoms with E-state index in [0.29, 0.717) is 12.0 Å². The minimum absolute atomic E-state index is 0.557. The summed E-state index contributed by atoms with van der Waals surface area (Å²) < 4.78 is 0. The first-order valence-electron chi connectivity index (χ1n) is 9.11. The lowest BCUT2D eigenvalue weighted by Crippen LogP contribution is -2.38. The molecule has 1 saturated carbocycles. The SMILES string of the molecule is Cc1cnc(N(C)[C@@H]2CC[C@@H]3CN(Cc4cnc(C)nc4)C[C@@H]32)cn1. The topological polar surface area (TPSA) is 58.0 Å². The van der Waals surface area contributed by atoms with Crippen LogP contribution in [0.1, 0.15) is 29.9 Å². The van der Waals surface area contributed by atoms with Gasteiger partial charge < -0.3 is 4.90 Å². The molecule has 1 saturated heterocycles. The molecule has 25 heavy (non-hydrogen) atoms. The van der Waals surface area contributed by atoms with Crippen LogP contribution in [0.2, 0.25) is 0 Å². The summed E-state index contributed by atoms with van der Waals surface area (Å²) in [6.07, 6.45) is 10.2. The van der Waals surface area contributed by atoms with Gasteiger partial charge in [0, 0.05) is 50.7 Å². The minimum atomic E-state index is 0.557. The maximum absolute atomic E-state index is 4.57. The third-order valence-corrected chi connectivity index (χ3v) is 5.76. The van der Waals surface area contributed by atoms with Gasteiger partial charge in [0.05, 0.1) is 18.1 Å². The quantitative estimate of drug-likeness (QED) is 0.852. The van der Waals surface area contributed by atoms with E-state index in [1.54, 1.807) is 0 Å². The fourth-order valence-electron chi connectivity index (χ4n) is 4.44. The summed E-state index contributed by atoms with van der Waals surface area (Å²) in [5.74, 6) is 3.32. The fourth-order valence-corrected chi connectivity index (χ4v) is 4.44. The van der Waals surface area contributed by atoms with Crippen molar-refractivity contribution < 1.29 is 0 Å². The number of likely N-dealkylation sites (tertiary alicyclic amines) is 1. The van der Waals surface area contributed by atoms with Gasteiger partial charge in [-0.3, -0.25) is 9.88 Å². The van der Waals surface area contributed by atoms with E-state index in [0.717, 1.165) is 36.3 Å². The van der Waals surface area contributed by atoms with Crippen molar-refractivity contribution in [2.24, 2.45) is 11.8 Å². The second-order valence-corrected chi connectivity index (χ2v) is 7.53. The first kappa shape index (κ1) is 16.4. The van der Waals surface area contributed by atoms with Crippen LogP contribution in [-0.2, 0) is 6.54 Å². The lowest BCUT2D eigenvalue weighted by molar-refractivity contribution is 0.296. The Balaban J connectivity index is 1.42. The second-order valence-electron chi connectivity index (χ2n) is 7.53. The maximum Gasteiger partial charge on any atom is 0.147 e. The predicted molar refractivity (Wildman–Crippen MR) is 97.2 cm³/mol. The molecular formula is C19H26N6. The molecule has 2 aliphatic rings. The van der Waals surface area contributed by atoms with Gasteiger partial charge in [-0.15, -0.1) is 0 Å². The van der Waals surface area contributed by atoms with Crippen LogP contribution in [0.15, 0.2) is 24.8 Å². The van der Waals surface area contributed by atoms with Crippen molar-refractivity contribution in [2.75, 3.05) is 25.0 Å². The summed E-state index contributed by atoms with van der Waals surface area (Å²) in [7, 11) is 2.17. The summed E-state index contributed by atoms with van der Waals surface area (Å²) in [4.78, 5) is 22.5. The standard InChI is InChI=1S/C19H26N6/c1-13-6-23-19(9-20-13)24(3)18-5-4-16-11-25(12-17(16)18)10-15-7-21-14(2)22-8-15/h6-9,16-18H,4-5,10-12H2,1-3H3/t16-,17+,18-/m1/s1. The summed E-state index contributed by atoms with van der Waals surface area (Å²) in [6.45, 7) is 7.19. The molecule has 1 aliphatic carbocycles. The van der Waals surface area contributed by atoms with Gasteiger partial charge in [-0.25, -0.2) is 15.0 Å². The van der Waals surface area contributed by atoms with E-state index in [1.165, 1.54) is 24.9 Å². The number of hydrogen-bond acceptors (Lipinski definition) is 6. The van der Waals surface area contributed by atoms with Gasteiger partial charge in [-0.1, -0.05) is 0 Å². The molecule has 0 radical (unpaired) electrons. The van der Waals surface area contributed by atoms with Gasteiger partial charge in [0.1, 0.15) is 11.6 Å². The van der Waals surface area contributed by atoms with Crippen LogP contribution < -0.4 is 4.90 Å². The number of hydrogen-bond donors (Lipinski definition) is 0. The molecule has 4 rings (SSSR count). The minimum Gasteiger partial charge on any atom is -0.355 e. The summed E-state index contributed by atoms with van der Waals surface area (Å²) in [5.41, 5.74) is 2.17. The van der Waals surface area contributed by atoms with Crippen LogP contribution in [0, 0.1) is 25.7 Å². The lowest BCUT2D eigenvalue weighted by atomic mass is 9.97. The molecule has 0 amide bonds. The summed E-state index contributed by atoms with van der Waals surface area (Å²) >= 11 is 0. The number of fused-ring (bicyclic) bond motifs is 1. The van der Waals surface area contributed by atoms with Gasteiger partial charge in [-0.05, 0) is 38.5 Å².